The zero-order valence-corrected chi connectivity index (χ0v) is 6.59. The maximum atomic E-state index is 9.00. The first-order valence-corrected chi connectivity index (χ1v) is 2.34. The van der Waals surface area contributed by atoms with Gasteiger partial charge in [0.2, 0.25) is 0 Å². The highest BCUT2D eigenvalue weighted by atomic mass is 16.4. The van der Waals surface area contributed by atoms with Gasteiger partial charge in [-0.05, 0) is 13.8 Å². The number of carboxylic acid groups (broad SMARTS) is 1. The van der Waals surface area contributed by atoms with E-state index in [0.717, 1.165) is 6.92 Å². The first kappa shape index (κ1) is 22.8. The molecule has 0 saturated heterocycles. The van der Waals surface area contributed by atoms with Crippen LogP contribution in [0.25, 0.3) is 0 Å². The van der Waals surface area contributed by atoms with Crippen LogP contribution in [0.3, 0.4) is 0 Å². The van der Waals surface area contributed by atoms with E-state index < -0.39 is 5.97 Å². The first-order chi connectivity index (χ1) is 3.46. The summed E-state index contributed by atoms with van der Waals surface area (Å²) in [6, 6.07) is 0. The minimum absolute atomic E-state index is 0. The maximum absolute atomic E-state index is 9.00. The van der Waals surface area contributed by atoms with Crippen molar-refractivity contribution in [2.45, 2.75) is 26.9 Å². The predicted octanol–water partition coefficient (Wildman–Crippen LogP) is -0.185. The molecule has 0 saturated carbocycles. The van der Waals surface area contributed by atoms with Crippen molar-refractivity contribution in [3.8, 4) is 0 Å². The highest BCUT2D eigenvalue weighted by Gasteiger charge is 1.69. The Bertz CT molecular complexity index is 57.9. The molecule has 0 fully saturated rings. The van der Waals surface area contributed by atoms with Gasteiger partial charge in [-0.3, -0.25) is 4.79 Å². The fraction of sp³-hybridized carbons (Fsp3) is 0.800. The van der Waals surface area contributed by atoms with Gasteiger partial charge < -0.3 is 21.8 Å². The molecule has 0 rings (SSSR count). The summed E-state index contributed by atoms with van der Waals surface area (Å²) in [7, 11) is 0. The SMILES string of the molecule is CC(=O)O.CC(C)O.N.O. The van der Waals surface area contributed by atoms with Crippen LogP contribution in [-0.2, 0) is 4.79 Å². The van der Waals surface area contributed by atoms with Gasteiger partial charge >= 0.3 is 0 Å². The summed E-state index contributed by atoms with van der Waals surface area (Å²) in [4.78, 5) is 9.00. The van der Waals surface area contributed by atoms with Gasteiger partial charge in [0.15, 0.2) is 0 Å². The van der Waals surface area contributed by atoms with Gasteiger partial charge in [0.1, 0.15) is 0 Å². The number of carbonyl (C=O) groups is 1. The zero-order valence-electron chi connectivity index (χ0n) is 6.59. The molecule has 5 heteroatoms. The number of aliphatic hydroxyl groups excluding tert-OH is 1. The average Bonchev–Trinajstić information content (AvgIpc) is 1.25. The molecule has 0 aromatic heterocycles. The van der Waals surface area contributed by atoms with Crippen molar-refractivity contribution >= 4 is 5.97 Å². The molecule has 66 valence electrons. The Morgan fingerprint density at radius 3 is 1.40 bits per heavy atom. The lowest BCUT2D eigenvalue weighted by Gasteiger charge is -1.80. The number of carboxylic acids is 1. The second kappa shape index (κ2) is 15.8. The Morgan fingerprint density at radius 2 is 1.40 bits per heavy atom. The molecule has 5 nitrogen and oxygen atoms in total. The third-order valence-corrected chi connectivity index (χ3v) is 0. The van der Waals surface area contributed by atoms with Crippen molar-refractivity contribution in [1.29, 1.82) is 0 Å². The van der Waals surface area contributed by atoms with Crippen molar-refractivity contribution in [2.75, 3.05) is 0 Å². The Morgan fingerprint density at radius 1 is 1.40 bits per heavy atom. The Kier molecular flexibility index (Phi) is 35.9. The second-order valence-electron chi connectivity index (χ2n) is 1.61. The summed E-state index contributed by atoms with van der Waals surface area (Å²) in [5, 5.41) is 15.5. The van der Waals surface area contributed by atoms with Gasteiger partial charge in [-0.25, -0.2) is 0 Å². The van der Waals surface area contributed by atoms with Gasteiger partial charge in [0.25, 0.3) is 5.97 Å². The zero-order chi connectivity index (χ0) is 7.15. The van der Waals surface area contributed by atoms with Gasteiger partial charge in [-0.15, -0.1) is 0 Å². The summed E-state index contributed by atoms with van der Waals surface area (Å²) < 4.78 is 0. The molecule has 0 bridgehead atoms. The second-order valence-corrected chi connectivity index (χ2v) is 1.61. The van der Waals surface area contributed by atoms with Crippen LogP contribution in [-0.4, -0.2) is 27.8 Å². The number of rotatable bonds is 0. The predicted molar refractivity (Wildman–Crippen MR) is 39.3 cm³/mol. The minimum atomic E-state index is -0.833. The van der Waals surface area contributed by atoms with E-state index in [2.05, 4.69) is 0 Å². The molecule has 0 unspecified atom stereocenters. The maximum Gasteiger partial charge on any atom is 0.300 e. The third kappa shape index (κ3) is 701. The van der Waals surface area contributed by atoms with Gasteiger partial charge in [-0.2, -0.15) is 0 Å². The van der Waals surface area contributed by atoms with Crippen LogP contribution in [0.2, 0.25) is 0 Å². The molecule has 0 heterocycles. The van der Waals surface area contributed by atoms with Gasteiger partial charge in [-0.1, -0.05) is 0 Å². The lowest BCUT2D eigenvalue weighted by atomic mass is 10.5. The molecular formula is C5H17NO4. The van der Waals surface area contributed by atoms with Crippen LogP contribution < -0.4 is 6.15 Å². The van der Waals surface area contributed by atoms with E-state index in [0.29, 0.717) is 0 Å². The molecule has 0 spiro atoms. The summed E-state index contributed by atoms with van der Waals surface area (Å²) in [6.45, 7) is 4.53. The topological polar surface area (TPSA) is 124 Å². The van der Waals surface area contributed by atoms with E-state index in [1.165, 1.54) is 0 Å². The number of hydrogen-bond acceptors (Lipinski definition) is 3. The van der Waals surface area contributed by atoms with E-state index in [4.69, 9.17) is 15.0 Å². The average molecular weight is 155 g/mol. The van der Waals surface area contributed by atoms with Crippen molar-refractivity contribution in [3.63, 3.8) is 0 Å². The normalized spacial score (nSPS) is 6.10. The van der Waals surface area contributed by atoms with Crippen LogP contribution >= 0.6 is 0 Å². The van der Waals surface area contributed by atoms with E-state index in [-0.39, 0.29) is 17.7 Å². The fourth-order valence-electron chi connectivity index (χ4n) is 0. The monoisotopic (exact) mass is 155 g/mol. The van der Waals surface area contributed by atoms with Crippen molar-refractivity contribution < 1.29 is 20.5 Å². The molecule has 7 N–H and O–H groups in total. The number of aliphatic carboxylic acids is 1. The van der Waals surface area contributed by atoms with Crippen LogP contribution in [0.5, 0.6) is 0 Å². The highest BCUT2D eigenvalue weighted by Crippen LogP contribution is 1.65. The summed E-state index contributed by atoms with van der Waals surface area (Å²) >= 11 is 0. The smallest absolute Gasteiger partial charge is 0.300 e. The summed E-state index contributed by atoms with van der Waals surface area (Å²) in [5.41, 5.74) is 0. The molecule has 0 aliphatic heterocycles. The summed E-state index contributed by atoms with van der Waals surface area (Å²) in [6.07, 6.45) is -0.167. The highest BCUT2D eigenvalue weighted by molar-refractivity contribution is 5.62. The third-order valence-electron chi connectivity index (χ3n) is 0. The Labute approximate surface area is 60.6 Å². The molecule has 0 atom stereocenters. The molecule has 0 amide bonds. The first-order valence-electron chi connectivity index (χ1n) is 2.34. The largest absolute Gasteiger partial charge is 0.481 e. The van der Waals surface area contributed by atoms with E-state index in [9.17, 15) is 0 Å². The van der Waals surface area contributed by atoms with Crippen molar-refractivity contribution in [3.05, 3.63) is 0 Å². The molecule has 0 radical (unpaired) electrons. The van der Waals surface area contributed by atoms with E-state index >= 15 is 0 Å². The standard InChI is InChI=1S/C3H8O.C2H4O2.H3N.H2O/c1-3(2)4;1-2(3)4;;/h3-4H,1-2H3;1H3,(H,3,4);1H3;1H2. The molecule has 10 heavy (non-hydrogen) atoms. The van der Waals surface area contributed by atoms with Crippen LogP contribution in [0.1, 0.15) is 20.8 Å². The Balaban J connectivity index is -0.0000000300. The quantitative estimate of drug-likeness (QED) is 0.448. The van der Waals surface area contributed by atoms with E-state index in [1.807, 2.05) is 0 Å². The van der Waals surface area contributed by atoms with Gasteiger partial charge in [0, 0.05) is 13.0 Å². The molecule has 0 aliphatic rings. The number of hydrogen-bond donors (Lipinski definition) is 3. The summed E-state index contributed by atoms with van der Waals surface area (Å²) in [5.74, 6) is -0.833. The lowest BCUT2D eigenvalue weighted by molar-refractivity contribution is -0.134. The Hall–Kier alpha value is -0.650. The van der Waals surface area contributed by atoms with Crippen LogP contribution in [0.4, 0.5) is 0 Å². The lowest BCUT2D eigenvalue weighted by Crippen LogP contribution is -1.85. The van der Waals surface area contributed by atoms with Crippen LogP contribution in [0.15, 0.2) is 0 Å². The van der Waals surface area contributed by atoms with Gasteiger partial charge in [0.05, 0.1) is 0 Å². The van der Waals surface area contributed by atoms with Crippen molar-refractivity contribution in [1.82, 2.24) is 6.15 Å². The molecular weight excluding hydrogens is 138 g/mol. The molecule has 0 aromatic carbocycles. The van der Waals surface area contributed by atoms with E-state index in [1.54, 1.807) is 13.8 Å². The van der Waals surface area contributed by atoms with Crippen molar-refractivity contribution in [2.24, 2.45) is 0 Å². The number of aliphatic hydroxyl groups is 1. The fourth-order valence-corrected chi connectivity index (χ4v) is 0. The molecule has 0 aliphatic carbocycles. The minimum Gasteiger partial charge on any atom is -0.481 e. The van der Waals surface area contributed by atoms with Crippen LogP contribution in [0, 0.1) is 0 Å². The molecule has 0 aromatic rings.